The number of furan rings is 1. The molecule has 0 spiro atoms. The molecule has 7 rings (SSSR count). The SMILES string of the molecule is CC(C)c1cc(-c2[c-]cccc2)ncc1[Si](C)(C)C.Cc1ccc2c(n1)oc1c(-c3cc(CC4CCCC4)c(C(C)C)cn3)[c-]cc(C)c12.[Ir]. The number of hydrogen-bond donors (Lipinski definition) is 0. The molecule has 6 aromatic rings. The van der Waals surface area contributed by atoms with Gasteiger partial charge >= 0.3 is 0 Å². The summed E-state index contributed by atoms with van der Waals surface area (Å²) >= 11 is 0. The molecule has 0 amide bonds. The van der Waals surface area contributed by atoms with Crippen molar-refractivity contribution in [2.24, 2.45) is 5.92 Å². The van der Waals surface area contributed by atoms with Crippen molar-refractivity contribution in [1.82, 2.24) is 15.0 Å². The van der Waals surface area contributed by atoms with Gasteiger partial charge in [-0.2, -0.15) is 0 Å². The molecule has 1 aliphatic rings. The Morgan fingerprint density at radius 3 is 2.24 bits per heavy atom. The Hall–Kier alpha value is -3.44. The third-order valence-electron chi connectivity index (χ3n) is 9.99. The number of aryl methyl sites for hydroxylation is 2. The Labute approximate surface area is 313 Å². The summed E-state index contributed by atoms with van der Waals surface area (Å²) < 4.78 is 6.27. The molecule has 0 bridgehead atoms. The second-order valence-corrected chi connectivity index (χ2v) is 20.6. The van der Waals surface area contributed by atoms with Crippen LogP contribution in [0.5, 0.6) is 0 Å². The summed E-state index contributed by atoms with van der Waals surface area (Å²) in [4.78, 5) is 14.1. The number of aromatic nitrogens is 3. The maximum Gasteiger partial charge on any atom is 0.216 e. The molecule has 4 nitrogen and oxygen atoms in total. The summed E-state index contributed by atoms with van der Waals surface area (Å²) in [6.45, 7) is 20.3. The van der Waals surface area contributed by atoms with Gasteiger partial charge in [-0.1, -0.05) is 109 Å². The van der Waals surface area contributed by atoms with Crippen LogP contribution in [-0.2, 0) is 26.5 Å². The van der Waals surface area contributed by atoms with E-state index in [1.807, 2.05) is 31.2 Å². The Bertz CT molecular complexity index is 2070. The zero-order valence-electron chi connectivity index (χ0n) is 31.2. The molecule has 1 aliphatic carbocycles. The fraction of sp³-hybridized carbons (Fsp3) is 0.386. The first-order valence-electron chi connectivity index (χ1n) is 18.1. The molecule has 4 heterocycles. The van der Waals surface area contributed by atoms with Crippen molar-refractivity contribution in [3.8, 4) is 22.5 Å². The van der Waals surface area contributed by atoms with Crippen LogP contribution in [0, 0.1) is 31.9 Å². The number of benzene rings is 2. The number of hydrogen-bond acceptors (Lipinski definition) is 4. The summed E-state index contributed by atoms with van der Waals surface area (Å²) in [5, 5.41) is 3.66. The van der Waals surface area contributed by atoms with Gasteiger partial charge in [0.25, 0.3) is 0 Å². The summed E-state index contributed by atoms with van der Waals surface area (Å²) in [6, 6.07) is 25.5. The predicted octanol–water partition coefficient (Wildman–Crippen LogP) is 11.5. The number of nitrogens with zero attached hydrogens (tertiary/aromatic N) is 3. The molecule has 50 heavy (non-hydrogen) atoms. The second kappa shape index (κ2) is 15.8. The molecule has 1 fully saturated rings. The van der Waals surface area contributed by atoms with E-state index in [0.717, 1.165) is 62.5 Å². The fourth-order valence-electron chi connectivity index (χ4n) is 7.29. The molecule has 1 radical (unpaired) electrons. The molecule has 1 saturated carbocycles. The van der Waals surface area contributed by atoms with Crippen molar-refractivity contribution >= 4 is 35.3 Å². The standard InChI is InChI=1S/C27H29N2O.C17H22NSi.Ir/c1-16(2)23-15-28-24(14-20(23)13-19-7-5-6-8-19)21-11-9-17(3)25-22-12-10-18(4)29-27(22)30-26(21)25;1-13(2)15-11-16(14-9-7-6-8-10-14)18-12-17(15)19(3,4)5;/h9-10,12,14-16,19H,5-8,13H2,1-4H3;6-9,11-13H,1-5H3;/q2*-1;. The third-order valence-corrected chi connectivity index (χ3v) is 12.0. The smallest absolute Gasteiger partial charge is 0.216 e. The molecule has 0 unspecified atom stereocenters. The van der Waals surface area contributed by atoms with Gasteiger partial charge in [0.15, 0.2) is 0 Å². The molecule has 0 saturated heterocycles. The summed E-state index contributed by atoms with van der Waals surface area (Å²) in [5.74, 6) is 1.81. The van der Waals surface area contributed by atoms with E-state index in [0.29, 0.717) is 17.5 Å². The molecule has 263 valence electrons. The van der Waals surface area contributed by atoms with Crippen molar-refractivity contribution in [2.45, 2.75) is 105 Å². The number of fused-ring (bicyclic) bond motifs is 3. The molecule has 4 aromatic heterocycles. The first-order valence-corrected chi connectivity index (χ1v) is 21.6. The minimum atomic E-state index is -1.34. The van der Waals surface area contributed by atoms with E-state index >= 15 is 0 Å². The van der Waals surface area contributed by atoms with Crippen LogP contribution in [-0.4, -0.2) is 23.0 Å². The predicted molar refractivity (Wildman–Crippen MR) is 208 cm³/mol. The average molecular weight is 858 g/mol. The quantitative estimate of drug-likeness (QED) is 0.119. The van der Waals surface area contributed by atoms with Gasteiger partial charge in [-0.3, -0.25) is 0 Å². The van der Waals surface area contributed by atoms with Crippen molar-refractivity contribution in [3.05, 3.63) is 107 Å². The zero-order valence-corrected chi connectivity index (χ0v) is 34.6. The Morgan fingerprint density at radius 1 is 0.860 bits per heavy atom. The van der Waals surface area contributed by atoms with E-state index in [4.69, 9.17) is 9.40 Å². The first-order chi connectivity index (χ1) is 23.4. The van der Waals surface area contributed by atoms with Gasteiger partial charge in [0.1, 0.15) is 0 Å². The maximum absolute atomic E-state index is 6.27. The average Bonchev–Trinajstić information content (AvgIpc) is 3.73. The van der Waals surface area contributed by atoms with Crippen LogP contribution in [0.4, 0.5) is 0 Å². The molecule has 0 N–H and O–H groups in total. The van der Waals surface area contributed by atoms with Gasteiger partial charge in [-0.15, -0.1) is 53.6 Å². The largest absolute Gasteiger partial charge is 0.486 e. The van der Waals surface area contributed by atoms with Crippen LogP contribution >= 0.6 is 0 Å². The van der Waals surface area contributed by atoms with Crippen molar-refractivity contribution in [3.63, 3.8) is 0 Å². The summed E-state index contributed by atoms with van der Waals surface area (Å²) in [7, 11) is -1.34. The maximum atomic E-state index is 6.27. The minimum Gasteiger partial charge on any atom is -0.486 e. The van der Waals surface area contributed by atoms with Gasteiger partial charge in [-0.05, 0) is 70.9 Å². The topological polar surface area (TPSA) is 51.8 Å². The number of rotatable bonds is 7. The van der Waals surface area contributed by atoms with Crippen molar-refractivity contribution < 1.29 is 24.5 Å². The van der Waals surface area contributed by atoms with Crippen molar-refractivity contribution in [2.75, 3.05) is 0 Å². The van der Waals surface area contributed by atoms with Gasteiger partial charge in [0.2, 0.25) is 5.71 Å². The molecular weight excluding hydrogens is 807 g/mol. The second-order valence-electron chi connectivity index (χ2n) is 15.6. The molecule has 2 aromatic carbocycles. The molecular formula is C44H51IrN3OSi-2. The van der Waals surface area contributed by atoms with Gasteiger partial charge in [0, 0.05) is 43.6 Å². The monoisotopic (exact) mass is 858 g/mol. The van der Waals surface area contributed by atoms with Gasteiger partial charge in [-0.25, -0.2) is 4.98 Å². The van der Waals surface area contributed by atoms with Crippen LogP contribution in [0.15, 0.2) is 71.4 Å². The van der Waals surface area contributed by atoms with Crippen LogP contribution in [0.3, 0.4) is 0 Å². The Balaban J connectivity index is 0.000000211. The summed E-state index contributed by atoms with van der Waals surface area (Å²) in [6.07, 6.45) is 10.8. The normalized spacial score (nSPS) is 13.6. The zero-order chi connectivity index (χ0) is 34.9. The minimum absolute atomic E-state index is 0. The van der Waals surface area contributed by atoms with Crippen LogP contribution in [0.2, 0.25) is 19.6 Å². The van der Waals surface area contributed by atoms with E-state index in [2.05, 4.69) is 119 Å². The van der Waals surface area contributed by atoms with E-state index < -0.39 is 8.07 Å². The molecule has 0 aliphatic heterocycles. The van der Waals surface area contributed by atoms with E-state index in [1.54, 1.807) is 0 Å². The molecule has 6 heteroatoms. The van der Waals surface area contributed by atoms with Gasteiger partial charge < -0.3 is 14.4 Å². The summed E-state index contributed by atoms with van der Waals surface area (Å²) in [5.41, 5.74) is 11.9. The van der Waals surface area contributed by atoms with E-state index in [9.17, 15) is 0 Å². The Morgan fingerprint density at radius 2 is 1.58 bits per heavy atom. The van der Waals surface area contributed by atoms with Crippen LogP contribution < -0.4 is 5.19 Å². The van der Waals surface area contributed by atoms with E-state index in [1.165, 1.54) is 47.6 Å². The fourth-order valence-corrected chi connectivity index (χ4v) is 8.97. The molecule has 0 atom stereocenters. The first kappa shape index (κ1) is 37.8. The van der Waals surface area contributed by atoms with Crippen LogP contribution in [0.25, 0.3) is 44.6 Å². The Kier molecular flexibility index (Phi) is 12.0. The van der Waals surface area contributed by atoms with E-state index in [-0.39, 0.29) is 20.1 Å². The van der Waals surface area contributed by atoms with Crippen LogP contribution in [0.1, 0.15) is 93.2 Å². The van der Waals surface area contributed by atoms with Gasteiger partial charge in [0.05, 0.1) is 13.7 Å². The third kappa shape index (κ3) is 8.20. The number of pyridine rings is 3. The van der Waals surface area contributed by atoms with Crippen molar-refractivity contribution in [1.29, 1.82) is 0 Å².